The second-order valence-electron chi connectivity index (χ2n) is 17.2. The number of oxazole rings is 1. The van der Waals surface area contributed by atoms with E-state index in [0.717, 1.165) is 104 Å². The molecule has 1 spiro atoms. The minimum atomic E-state index is -0.355. The average Bonchev–Trinajstić information content (AvgIpc) is 3.99. The third-order valence-electron chi connectivity index (χ3n) is 13.0. The Hall–Kier alpha value is -6.18. The van der Waals surface area contributed by atoms with Crippen LogP contribution in [0.4, 0.5) is 5.82 Å². The lowest BCUT2D eigenvalue weighted by Gasteiger charge is -2.52. The maximum absolute atomic E-state index is 13.2. The molecule has 0 radical (unpaired) electrons. The van der Waals surface area contributed by atoms with Gasteiger partial charge in [-0.25, -0.2) is 9.97 Å². The molecule has 63 heavy (non-hydrogen) atoms. The summed E-state index contributed by atoms with van der Waals surface area (Å²) in [6.07, 6.45) is 12.8. The number of halogens is 1. The van der Waals surface area contributed by atoms with Gasteiger partial charge >= 0.3 is 0 Å². The lowest BCUT2D eigenvalue weighted by atomic mass is 9.62. The topological polar surface area (TPSA) is 182 Å². The van der Waals surface area contributed by atoms with Crippen molar-refractivity contribution in [2.45, 2.75) is 103 Å². The highest BCUT2D eigenvalue weighted by Gasteiger charge is 2.48. The van der Waals surface area contributed by atoms with Gasteiger partial charge in [0.1, 0.15) is 41.1 Å². The van der Waals surface area contributed by atoms with Crippen LogP contribution >= 0.6 is 22.9 Å². The van der Waals surface area contributed by atoms with Gasteiger partial charge < -0.3 is 24.1 Å². The molecule has 15 nitrogen and oxygen atoms in total. The number of rotatable bonds is 10. The molecule has 1 N–H and O–H groups in total. The van der Waals surface area contributed by atoms with Crippen LogP contribution in [0.15, 0.2) is 70.5 Å². The third-order valence-corrected chi connectivity index (χ3v) is 14.5. The number of pyridine rings is 1. The van der Waals surface area contributed by atoms with E-state index in [-0.39, 0.29) is 35.6 Å². The van der Waals surface area contributed by atoms with E-state index in [1.807, 2.05) is 25.3 Å². The summed E-state index contributed by atoms with van der Waals surface area (Å²) < 4.78 is 20.3. The van der Waals surface area contributed by atoms with Gasteiger partial charge in [0.05, 0.1) is 35.0 Å². The van der Waals surface area contributed by atoms with Gasteiger partial charge in [-0.15, -0.1) is 31.7 Å². The first-order valence-corrected chi connectivity index (χ1v) is 22.7. The molecule has 2 aliphatic carbocycles. The van der Waals surface area contributed by atoms with Crippen LogP contribution in [-0.2, 0) is 6.42 Å². The lowest BCUT2D eigenvalue weighted by molar-refractivity contribution is -0.0261. The van der Waals surface area contributed by atoms with Crippen molar-refractivity contribution in [3.63, 3.8) is 0 Å². The number of piperidine rings is 1. The largest absolute Gasteiger partial charge is 0.490 e. The Morgan fingerprint density at radius 1 is 1.02 bits per heavy atom. The van der Waals surface area contributed by atoms with Gasteiger partial charge in [0, 0.05) is 53.5 Å². The van der Waals surface area contributed by atoms with Crippen LogP contribution in [0.2, 0.25) is 5.02 Å². The molecule has 3 fully saturated rings. The second-order valence-corrected chi connectivity index (χ2v) is 18.8. The highest BCUT2D eigenvalue weighted by molar-refractivity contribution is 7.15. The van der Waals surface area contributed by atoms with Gasteiger partial charge in [-0.3, -0.25) is 14.4 Å². The Bertz CT molecular complexity index is 2710. The molecule has 4 aliphatic rings. The molecule has 0 unspecified atom stereocenters. The number of nitrogens with one attached hydrogen (secondary N) is 1. The standard InChI is InChI=1S/C46H46ClN11O4S/c1-26-27(2)63-45-41(26)42(52-37(20-40-49-16-18-60-40)43-56-53-28(3)58(43)45)30-6-14-39(50-24-30)62-34-21-46(22-34)15-4-17-57(25-46)38-13-12-36(54-55-38)44(59)51-31-7-10-32(11-8-31)61-33-9-5-29(23-48)35(47)19-33/h5-6,9,12-14,16,18-19,24,31-32,34,37H,4,7-8,10-11,15,17,20-22,25H2,1-3H3,(H,51,59)/t31?,32?,34?,37-,46?/m1/s1. The quantitative estimate of drug-likeness (QED) is 0.140. The number of carbonyl (C=O) groups is 1. The van der Waals surface area contributed by atoms with Crippen LogP contribution in [0.25, 0.3) is 5.00 Å². The number of anilines is 1. The summed E-state index contributed by atoms with van der Waals surface area (Å²) in [5, 5.41) is 31.6. The second kappa shape index (κ2) is 16.8. The molecule has 0 bridgehead atoms. The monoisotopic (exact) mass is 883 g/mol. The zero-order chi connectivity index (χ0) is 43.2. The molecule has 1 aromatic carbocycles. The van der Waals surface area contributed by atoms with Gasteiger partial charge in [0.15, 0.2) is 23.2 Å². The molecule has 17 heteroatoms. The Balaban J connectivity index is 0.740. The Morgan fingerprint density at radius 3 is 2.60 bits per heavy atom. The van der Waals surface area contributed by atoms with Crippen LogP contribution in [0.3, 0.4) is 0 Å². The first-order chi connectivity index (χ1) is 30.6. The van der Waals surface area contributed by atoms with Crippen LogP contribution in [0, 0.1) is 37.5 Å². The van der Waals surface area contributed by atoms with E-state index in [1.54, 1.807) is 48.1 Å². The van der Waals surface area contributed by atoms with Gasteiger partial charge in [-0.05, 0) is 113 Å². The van der Waals surface area contributed by atoms with Crippen LogP contribution < -0.4 is 19.7 Å². The van der Waals surface area contributed by atoms with Gasteiger partial charge in [-0.1, -0.05) is 11.6 Å². The van der Waals surface area contributed by atoms with Gasteiger partial charge in [0.25, 0.3) is 5.91 Å². The number of hydrogen-bond acceptors (Lipinski definition) is 14. The summed E-state index contributed by atoms with van der Waals surface area (Å²) in [6, 6.07) is 14.5. The number of benzene rings is 1. The fourth-order valence-electron chi connectivity index (χ4n) is 9.58. The Labute approximate surface area is 373 Å². The van der Waals surface area contributed by atoms with Crippen molar-refractivity contribution in [2.75, 3.05) is 18.0 Å². The number of ether oxygens (including phenoxy) is 2. The summed E-state index contributed by atoms with van der Waals surface area (Å²) in [7, 11) is 0. The molecule has 7 heterocycles. The smallest absolute Gasteiger partial charge is 0.272 e. The molecular weight excluding hydrogens is 838 g/mol. The van der Waals surface area contributed by atoms with Crippen molar-refractivity contribution in [3.8, 4) is 22.7 Å². The Morgan fingerprint density at radius 2 is 1.87 bits per heavy atom. The first-order valence-electron chi connectivity index (χ1n) is 21.5. The van der Waals surface area contributed by atoms with E-state index in [9.17, 15) is 4.79 Å². The van der Waals surface area contributed by atoms with Gasteiger partial charge in [0.2, 0.25) is 5.88 Å². The maximum atomic E-state index is 13.2. The maximum Gasteiger partial charge on any atom is 0.272 e. The fraction of sp³-hybridized carbons (Fsp3) is 0.413. The highest BCUT2D eigenvalue weighted by atomic mass is 35.5. The number of amides is 1. The number of fused-ring (bicyclic) bond motifs is 3. The van der Waals surface area contributed by atoms with Gasteiger partial charge in [-0.2, -0.15) is 5.26 Å². The molecule has 5 aromatic heterocycles. The zero-order valence-electron chi connectivity index (χ0n) is 35.3. The Kier molecular flexibility index (Phi) is 10.9. The van der Waals surface area contributed by atoms with Crippen molar-refractivity contribution in [1.82, 2.24) is 40.2 Å². The number of aliphatic imine (C=N–C) groups is 1. The summed E-state index contributed by atoms with van der Waals surface area (Å²) in [5.74, 6) is 3.96. The van der Waals surface area contributed by atoms with Crippen molar-refractivity contribution in [1.29, 1.82) is 5.26 Å². The summed E-state index contributed by atoms with van der Waals surface area (Å²) in [6.45, 7) is 8.00. The predicted octanol–water partition coefficient (Wildman–Crippen LogP) is 8.03. The fourth-order valence-corrected chi connectivity index (χ4v) is 11.0. The summed E-state index contributed by atoms with van der Waals surface area (Å²) in [5.41, 5.74) is 4.85. The first kappa shape index (κ1) is 40.9. The normalized spacial score (nSPS) is 22.8. The SMILES string of the molecule is Cc1sc2c(c1C)C(c1ccc(OC3CC4(CCCN(c5ccc(C(=O)NC6CCC(Oc7ccc(C#N)c(Cl)c7)CC6)nn5)C4)C3)nc1)=N[C@H](Cc1ncco1)c1nnc(C)n1-2. The minimum absolute atomic E-state index is 0.0221. The van der Waals surface area contributed by atoms with E-state index in [0.29, 0.717) is 40.2 Å². The van der Waals surface area contributed by atoms with E-state index >= 15 is 0 Å². The van der Waals surface area contributed by atoms with E-state index in [1.165, 1.54) is 10.4 Å². The van der Waals surface area contributed by atoms with Crippen LogP contribution in [0.5, 0.6) is 11.6 Å². The number of aryl methyl sites for hydroxylation is 2. The zero-order valence-corrected chi connectivity index (χ0v) is 36.8. The molecule has 1 amide bonds. The number of thiophene rings is 1. The molecule has 2 aliphatic heterocycles. The highest BCUT2D eigenvalue weighted by Crippen LogP contribution is 2.49. The summed E-state index contributed by atoms with van der Waals surface area (Å²) >= 11 is 7.89. The van der Waals surface area contributed by atoms with E-state index in [2.05, 4.69) is 66.1 Å². The number of carbonyl (C=O) groups excluding carboxylic acids is 1. The number of nitriles is 1. The lowest BCUT2D eigenvalue weighted by Crippen LogP contribution is -2.54. The molecule has 1 atom stereocenters. The van der Waals surface area contributed by atoms with Crippen LogP contribution in [0.1, 0.15) is 113 Å². The number of nitrogens with zero attached hydrogens (tertiary/aromatic N) is 10. The van der Waals surface area contributed by atoms with E-state index in [4.69, 9.17) is 40.7 Å². The summed E-state index contributed by atoms with van der Waals surface area (Å²) in [4.78, 5) is 31.2. The number of aromatic nitrogens is 7. The molecule has 10 rings (SSSR count). The van der Waals surface area contributed by atoms with Crippen molar-refractivity contribution in [2.24, 2.45) is 10.4 Å². The molecule has 322 valence electrons. The minimum Gasteiger partial charge on any atom is -0.490 e. The molecule has 2 saturated carbocycles. The predicted molar refractivity (Wildman–Crippen MR) is 236 cm³/mol. The van der Waals surface area contributed by atoms with Crippen molar-refractivity contribution in [3.05, 3.63) is 117 Å². The molecule has 1 saturated heterocycles. The van der Waals surface area contributed by atoms with E-state index < -0.39 is 0 Å². The average molecular weight is 884 g/mol. The van der Waals surface area contributed by atoms with Crippen molar-refractivity contribution >= 4 is 40.4 Å². The molecular formula is C46H46ClN11O4S. The van der Waals surface area contributed by atoms with Crippen LogP contribution in [-0.4, -0.2) is 77.9 Å². The number of hydrogen-bond donors (Lipinski definition) is 1. The van der Waals surface area contributed by atoms with Crippen molar-refractivity contribution < 1.29 is 18.7 Å². The third kappa shape index (κ3) is 8.15. The molecule has 6 aromatic rings.